The van der Waals surface area contributed by atoms with Gasteiger partial charge in [0.15, 0.2) is 0 Å². The predicted molar refractivity (Wildman–Crippen MR) is 106 cm³/mol. The van der Waals surface area contributed by atoms with Crippen molar-refractivity contribution < 1.29 is 19.1 Å². The van der Waals surface area contributed by atoms with Gasteiger partial charge in [0.25, 0.3) is 5.56 Å². The Morgan fingerprint density at radius 2 is 2.07 bits per heavy atom. The van der Waals surface area contributed by atoms with Gasteiger partial charge in [-0.05, 0) is 54.5 Å². The van der Waals surface area contributed by atoms with Crippen LogP contribution in [0, 0.1) is 11.2 Å². The number of ether oxygens (including phenoxy) is 1. The number of pyridine rings is 1. The summed E-state index contributed by atoms with van der Waals surface area (Å²) in [6.07, 6.45) is 3.39. The highest BCUT2D eigenvalue weighted by atomic mass is 32.2. The van der Waals surface area contributed by atoms with E-state index in [1.807, 2.05) is 0 Å². The number of carbonyl (C=O) groups is 1. The average Bonchev–Trinajstić information content (AvgIpc) is 2.72. The molecule has 1 aliphatic rings. The summed E-state index contributed by atoms with van der Waals surface area (Å²) in [5, 5.41) is 9.11. The van der Waals surface area contributed by atoms with Crippen LogP contribution >= 0.6 is 11.8 Å². The lowest BCUT2D eigenvalue weighted by Gasteiger charge is -2.34. The molecule has 1 aromatic heterocycles. The molecule has 150 valence electrons. The number of hydroxylamine groups is 1. The molecule has 0 unspecified atom stereocenters. The fraction of sp³-hybridized carbons (Fsp3) is 0.400. The Labute approximate surface area is 166 Å². The second kappa shape index (κ2) is 8.79. The van der Waals surface area contributed by atoms with Crippen LogP contribution in [-0.2, 0) is 11.3 Å². The number of aromatic nitrogens is 1. The van der Waals surface area contributed by atoms with Crippen molar-refractivity contribution in [3.05, 3.63) is 52.7 Å². The lowest BCUT2D eigenvalue weighted by Crippen LogP contribution is -2.43. The minimum atomic E-state index is -0.666. The first-order valence-electron chi connectivity index (χ1n) is 9.06. The molecule has 8 heteroatoms. The second-order valence-electron chi connectivity index (χ2n) is 6.88. The quantitative estimate of drug-likeness (QED) is 0.569. The highest BCUT2D eigenvalue weighted by Gasteiger charge is 2.39. The molecule has 1 saturated heterocycles. The van der Waals surface area contributed by atoms with Gasteiger partial charge >= 0.3 is 0 Å². The van der Waals surface area contributed by atoms with Crippen LogP contribution in [0.2, 0.25) is 0 Å². The third-order valence-corrected chi connectivity index (χ3v) is 6.33. The number of hydrogen-bond donors (Lipinski definition) is 2. The highest BCUT2D eigenvalue weighted by molar-refractivity contribution is 7.99. The highest BCUT2D eigenvalue weighted by Crippen LogP contribution is 2.38. The minimum absolute atomic E-state index is 0.266. The van der Waals surface area contributed by atoms with E-state index in [1.165, 1.54) is 23.8 Å². The summed E-state index contributed by atoms with van der Waals surface area (Å²) in [6, 6.07) is 7.57. The van der Waals surface area contributed by atoms with E-state index in [0.717, 1.165) is 11.5 Å². The van der Waals surface area contributed by atoms with E-state index in [-0.39, 0.29) is 5.56 Å². The average molecular weight is 406 g/mol. The topological polar surface area (TPSA) is 80.6 Å². The molecule has 1 aliphatic heterocycles. The van der Waals surface area contributed by atoms with E-state index in [2.05, 4.69) is 0 Å². The molecular formula is C20H23FN2O4S. The second-order valence-corrected chi connectivity index (χ2v) is 8.10. The third kappa shape index (κ3) is 4.23. The fourth-order valence-electron chi connectivity index (χ4n) is 3.52. The van der Waals surface area contributed by atoms with Crippen molar-refractivity contribution in [2.24, 2.45) is 5.41 Å². The van der Waals surface area contributed by atoms with Crippen LogP contribution in [0.4, 0.5) is 4.39 Å². The van der Waals surface area contributed by atoms with Gasteiger partial charge in [0.1, 0.15) is 11.6 Å². The van der Waals surface area contributed by atoms with E-state index in [9.17, 15) is 14.0 Å². The van der Waals surface area contributed by atoms with E-state index in [4.69, 9.17) is 9.94 Å². The first-order valence-corrected chi connectivity index (χ1v) is 10.2. The standard InChI is InChI=1S/C20H23FN2O4S/c1-27-15-2-3-16(17(21)13-15)14-4-8-23(18(24)12-14)9-5-20(19(25)22-26)6-10-28-11-7-20/h2-4,8,12-13,26H,5-7,9-11H2,1H3,(H,22,25). The van der Waals surface area contributed by atoms with Crippen LogP contribution in [0.1, 0.15) is 19.3 Å². The van der Waals surface area contributed by atoms with Crippen LogP contribution in [0.25, 0.3) is 11.1 Å². The number of benzene rings is 1. The number of carbonyl (C=O) groups excluding carboxylic acids is 1. The van der Waals surface area contributed by atoms with E-state index >= 15 is 0 Å². The molecule has 2 N–H and O–H groups in total. The van der Waals surface area contributed by atoms with Crippen LogP contribution in [0.3, 0.4) is 0 Å². The minimum Gasteiger partial charge on any atom is -0.497 e. The predicted octanol–water partition coefficient (Wildman–Crippen LogP) is 3.07. The lowest BCUT2D eigenvalue weighted by molar-refractivity contribution is -0.141. The maximum Gasteiger partial charge on any atom is 0.251 e. The van der Waals surface area contributed by atoms with Crippen molar-refractivity contribution in [1.29, 1.82) is 0 Å². The van der Waals surface area contributed by atoms with Crippen molar-refractivity contribution in [3.8, 4) is 16.9 Å². The van der Waals surface area contributed by atoms with Gasteiger partial charge in [-0.25, -0.2) is 9.87 Å². The van der Waals surface area contributed by atoms with Gasteiger partial charge < -0.3 is 9.30 Å². The monoisotopic (exact) mass is 406 g/mol. The van der Waals surface area contributed by atoms with Gasteiger partial charge in [-0.2, -0.15) is 11.8 Å². The molecule has 0 spiro atoms. The Morgan fingerprint density at radius 1 is 1.32 bits per heavy atom. The Morgan fingerprint density at radius 3 is 2.68 bits per heavy atom. The number of nitrogens with zero attached hydrogens (tertiary/aromatic N) is 1. The third-order valence-electron chi connectivity index (χ3n) is 5.35. The number of rotatable bonds is 6. The van der Waals surface area contributed by atoms with Gasteiger partial charge in [-0.1, -0.05) is 0 Å². The van der Waals surface area contributed by atoms with Crippen molar-refractivity contribution in [1.82, 2.24) is 10.0 Å². The van der Waals surface area contributed by atoms with Crippen molar-refractivity contribution in [2.45, 2.75) is 25.8 Å². The zero-order chi connectivity index (χ0) is 20.1. The molecule has 0 saturated carbocycles. The lowest BCUT2D eigenvalue weighted by atomic mass is 9.78. The number of nitrogens with one attached hydrogen (secondary N) is 1. The molecule has 2 heterocycles. The Hall–Kier alpha value is -2.32. The molecule has 1 aromatic carbocycles. The Kier molecular flexibility index (Phi) is 6.41. The van der Waals surface area contributed by atoms with Crippen molar-refractivity contribution >= 4 is 17.7 Å². The molecule has 1 fully saturated rings. The van der Waals surface area contributed by atoms with Crippen LogP contribution in [0.15, 0.2) is 41.3 Å². The Bertz CT molecular complexity index is 909. The van der Waals surface area contributed by atoms with E-state index in [1.54, 1.807) is 41.6 Å². The van der Waals surface area contributed by atoms with Crippen molar-refractivity contribution in [2.75, 3.05) is 18.6 Å². The van der Waals surface area contributed by atoms with Crippen LogP contribution in [-0.4, -0.2) is 34.3 Å². The van der Waals surface area contributed by atoms with Gasteiger partial charge in [-0.15, -0.1) is 0 Å². The maximum absolute atomic E-state index is 14.3. The van der Waals surface area contributed by atoms with Gasteiger partial charge in [-0.3, -0.25) is 14.8 Å². The molecule has 0 aliphatic carbocycles. The zero-order valence-electron chi connectivity index (χ0n) is 15.6. The molecular weight excluding hydrogens is 383 g/mol. The summed E-state index contributed by atoms with van der Waals surface area (Å²) in [6.45, 7) is 0.349. The summed E-state index contributed by atoms with van der Waals surface area (Å²) in [7, 11) is 1.46. The van der Waals surface area contributed by atoms with Gasteiger partial charge in [0, 0.05) is 30.4 Å². The van der Waals surface area contributed by atoms with Crippen molar-refractivity contribution in [3.63, 3.8) is 0 Å². The summed E-state index contributed by atoms with van der Waals surface area (Å²) in [5.41, 5.74) is 1.66. The molecule has 0 radical (unpaired) electrons. The SMILES string of the molecule is COc1ccc(-c2ccn(CCC3(C(=O)NO)CCSCC3)c(=O)c2)c(F)c1. The molecule has 2 aromatic rings. The first kappa shape index (κ1) is 20.4. The molecule has 0 atom stereocenters. The first-order chi connectivity index (χ1) is 13.5. The number of halogens is 1. The summed E-state index contributed by atoms with van der Waals surface area (Å²) in [5.74, 6) is 1.25. The summed E-state index contributed by atoms with van der Waals surface area (Å²) < 4.78 is 20.8. The Balaban J connectivity index is 1.79. The number of thioether (sulfide) groups is 1. The summed E-state index contributed by atoms with van der Waals surface area (Å²) in [4.78, 5) is 24.7. The molecule has 1 amide bonds. The van der Waals surface area contributed by atoms with E-state index in [0.29, 0.717) is 42.7 Å². The number of amides is 1. The van der Waals surface area contributed by atoms with E-state index < -0.39 is 17.1 Å². The van der Waals surface area contributed by atoms with Gasteiger partial charge in [0.2, 0.25) is 5.91 Å². The number of aryl methyl sites for hydroxylation is 1. The zero-order valence-corrected chi connectivity index (χ0v) is 16.4. The van der Waals surface area contributed by atoms with Gasteiger partial charge in [0.05, 0.1) is 12.5 Å². The molecule has 6 nitrogen and oxygen atoms in total. The molecule has 0 bridgehead atoms. The molecule has 28 heavy (non-hydrogen) atoms. The fourth-order valence-corrected chi connectivity index (χ4v) is 4.80. The summed E-state index contributed by atoms with van der Waals surface area (Å²) >= 11 is 1.78. The largest absolute Gasteiger partial charge is 0.497 e. The smallest absolute Gasteiger partial charge is 0.251 e. The van der Waals surface area contributed by atoms with Crippen LogP contribution < -0.4 is 15.8 Å². The maximum atomic E-state index is 14.3. The normalized spacial score (nSPS) is 15.8. The molecule has 3 rings (SSSR count). The van der Waals surface area contributed by atoms with Crippen LogP contribution in [0.5, 0.6) is 5.75 Å². The number of methoxy groups -OCH3 is 1. The number of hydrogen-bond acceptors (Lipinski definition) is 5.